The van der Waals surface area contributed by atoms with Gasteiger partial charge in [-0.2, -0.15) is 0 Å². The maximum Gasteiger partial charge on any atom is 0.0291 e. The minimum absolute atomic E-state index is 0.468. The van der Waals surface area contributed by atoms with Gasteiger partial charge in [-0.3, -0.25) is 0 Å². The van der Waals surface area contributed by atoms with Gasteiger partial charge in [-0.05, 0) is 31.0 Å². The molecule has 72 valence electrons. The topological polar surface area (TPSA) is 12.0 Å². The second kappa shape index (κ2) is 5.03. The van der Waals surface area contributed by atoms with Crippen LogP contribution in [-0.4, -0.2) is 6.54 Å². The lowest BCUT2D eigenvalue weighted by molar-refractivity contribution is 0.598. The normalized spacial score (nSPS) is 12.8. The van der Waals surface area contributed by atoms with Crippen LogP contribution >= 0.6 is 0 Å². The van der Waals surface area contributed by atoms with Crippen LogP contribution in [0.25, 0.3) is 0 Å². The number of rotatable bonds is 4. The van der Waals surface area contributed by atoms with Gasteiger partial charge in [0.2, 0.25) is 0 Å². The molecule has 1 heteroatoms. The maximum atomic E-state index is 3.40. The summed E-state index contributed by atoms with van der Waals surface area (Å²) in [6, 6.07) is 9.32. The minimum atomic E-state index is 0.468. The van der Waals surface area contributed by atoms with Crippen molar-refractivity contribution in [3.63, 3.8) is 0 Å². The second-order valence-electron chi connectivity index (χ2n) is 3.37. The molecule has 1 atom stereocenters. The standard InChI is InChI=1S/C12H19N/c1-4-11-6-8-12(9-7-11)10(3)13-5-2/h6-10,13H,4-5H2,1-3H3. The van der Waals surface area contributed by atoms with Crippen molar-refractivity contribution in [3.05, 3.63) is 35.4 Å². The summed E-state index contributed by atoms with van der Waals surface area (Å²) in [7, 11) is 0. The van der Waals surface area contributed by atoms with Crippen LogP contribution in [0.4, 0.5) is 0 Å². The van der Waals surface area contributed by atoms with Gasteiger partial charge in [-0.1, -0.05) is 38.1 Å². The van der Waals surface area contributed by atoms with E-state index in [0.29, 0.717) is 6.04 Å². The molecule has 0 bridgehead atoms. The lowest BCUT2D eigenvalue weighted by atomic mass is 10.1. The van der Waals surface area contributed by atoms with Crippen molar-refractivity contribution in [1.82, 2.24) is 5.32 Å². The first kappa shape index (κ1) is 10.3. The van der Waals surface area contributed by atoms with Crippen LogP contribution < -0.4 is 5.32 Å². The van der Waals surface area contributed by atoms with Gasteiger partial charge in [0.1, 0.15) is 0 Å². The predicted octanol–water partition coefficient (Wildman–Crippen LogP) is 2.92. The highest BCUT2D eigenvalue weighted by atomic mass is 14.9. The van der Waals surface area contributed by atoms with Crippen LogP contribution in [0, 0.1) is 0 Å². The fraction of sp³-hybridized carbons (Fsp3) is 0.500. The highest BCUT2D eigenvalue weighted by Gasteiger charge is 2.01. The lowest BCUT2D eigenvalue weighted by Crippen LogP contribution is -2.17. The molecule has 0 spiro atoms. The van der Waals surface area contributed by atoms with E-state index < -0.39 is 0 Å². The molecule has 1 rings (SSSR count). The van der Waals surface area contributed by atoms with E-state index in [2.05, 4.69) is 50.4 Å². The molecule has 1 aromatic rings. The smallest absolute Gasteiger partial charge is 0.0291 e. The van der Waals surface area contributed by atoms with E-state index in [-0.39, 0.29) is 0 Å². The average Bonchev–Trinajstić information content (AvgIpc) is 2.18. The average molecular weight is 177 g/mol. The molecule has 0 fully saturated rings. The van der Waals surface area contributed by atoms with Crippen molar-refractivity contribution in [2.75, 3.05) is 6.54 Å². The molecule has 13 heavy (non-hydrogen) atoms. The molecule has 0 radical (unpaired) electrons. The van der Waals surface area contributed by atoms with Crippen LogP contribution in [0.5, 0.6) is 0 Å². The highest BCUT2D eigenvalue weighted by Crippen LogP contribution is 2.13. The Kier molecular flexibility index (Phi) is 3.97. The monoisotopic (exact) mass is 177 g/mol. The van der Waals surface area contributed by atoms with E-state index in [4.69, 9.17) is 0 Å². The Hall–Kier alpha value is -0.820. The zero-order chi connectivity index (χ0) is 9.68. The van der Waals surface area contributed by atoms with Crippen molar-refractivity contribution in [1.29, 1.82) is 0 Å². The fourth-order valence-corrected chi connectivity index (χ4v) is 1.47. The van der Waals surface area contributed by atoms with Crippen molar-refractivity contribution in [2.24, 2.45) is 0 Å². The summed E-state index contributed by atoms with van der Waals surface area (Å²) in [5.41, 5.74) is 2.78. The van der Waals surface area contributed by atoms with Gasteiger partial charge in [-0.25, -0.2) is 0 Å². The Morgan fingerprint density at radius 3 is 2.23 bits per heavy atom. The van der Waals surface area contributed by atoms with Crippen molar-refractivity contribution in [3.8, 4) is 0 Å². The maximum absolute atomic E-state index is 3.40. The van der Waals surface area contributed by atoms with Gasteiger partial charge in [0, 0.05) is 6.04 Å². The number of benzene rings is 1. The van der Waals surface area contributed by atoms with E-state index in [9.17, 15) is 0 Å². The first-order valence-corrected chi connectivity index (χ1v) is 5.10. The molecule has 0 saturated carbocycles. The van der Waals surface area contributed by atoms with E-state index in [1.807, 2.05) is 0 Å². The molecular formula is C12H19N. The van der Waals surface area contributed by atoms with E-state index in [1.54, 1.807) is 0 Å². The van der Waals surface area contributed by atoms with Gasteiger partial charge in [0.05, 0.1) is 0 Å². The molecule has 0 aliphatic rings. The van der Waals surface area contributed by atoms with Crippen LogP contribution in [0.1, 0.15) is 37.9 Å². The van der Waals surface area contributed by atoms with Crippen molar-refractivity contribution < 1.29 is 0 Å². The van der Waals surface area contributed by atoms with Gasteiger partial charge < -0.3 is 5.32 Å². The Morgan fingerprint density at radius 1 is 1.15 bits per heavy atom. The number of nitrogens with one attached hydrogen (secondary N) is 1. The summed E-state index contributed by atoms with van der Waals surface area (Å²) in [6.45, 7) is 7.54. The molecule has 1 nitrogen and oxygen atoms in total. The third-order valence-electron chi connectivity index (χ3n) is 2.40. The van der Waals surface area contributed by atoms with E-state index in [0.717, 1.165) is 13.0 Å². The SMILES string of the molecule is CCNC(C)c1ccc(CC)cc1. The predicted molar refractivity (Wildman–Crippen MR) is 57.9 cm³/mol. The second-order valence-corrected chi connectivity index (χ2v) is 3.37. The van der Waals surface area contributed by atoms with Crippen molar-refractivity contribution in [2.45, 2.75) is 33.2 Å². The molecule has 0 aromatic heterocycles. The lowest BCUT2D eigenvalue weighted by Gasteiger charge is -2.12. The van der Waals surface area contributed by atoms with Crippen LogP contribution in [0.2, 0.25) is 0 Å². The highest BCUT2D eigenvalue weighted by molar-refractivity contribution is 5.24. The van der Waals surface area contributed by atoms with Gasteiger partial charge in [0.15, 0.2) is 0 Å². The number of aryl methyl sites for hydroxylation is 1. The van der Waals surface area contributed by atoms with Crippen LogP contribution in [0.3, 0.4) is 0 Å². The summed E-state index contributed by atoms with van der Waals surface area (Å²) < 4.78 is 0. The molecule has 1 aromatic carbocycles. The van der Waals surface area contributed by atoms with Crippen LogP contribution in [-0.2, 0) is 6.42 Å². The Balaban J connectivity index is 2.67. The largest absolute Gasteiger partial charge is 0.310 e. The summed E-state index contributed by atoms with van der Waals surface area (Å²) >= 11 is 0. The molecule has 1 N–H and O–H groups in total. The number of hydrogen-bond donors (Lipinski definition) is 1. The summed E-state index contributed by atoms with van der Waals surface area (Å²) in [5.74, 6) is 0. The van der Waals surface area contributed by atoms with Crippen molar-refractivity contribution >= 4 is 0 Å². The molecular weight excluding hydrogens is 158 g/mol. The third-order valence-corrected chi connectivity index (χ3v) is 2.40. The first-order chi connectivity index (χ1) is 6.27. The van der Waals surface area contributed by atoms with Crippen LogP contribution in [0.15, 0.2) is 24.3 Å². The Bertz CT molecular complexity index is 238. The van der Waals surface area contributed by atoms with Gasteiger partial charge >= 0.3 is 0 Å². The van der Waals surface area contributed by atoms with Gasteiger partial charge in [-0.15, -0.1) is 0 Å². The molecule has 0 amide bonds. The molecule has 0 saturated heterocycles. The zero-order valence-corrected chi connectivity index (χ0v) is 8.80. The zero-order valence-electron chi connectivity index (χ0n) is 8.80. The van der Waals surface area contributed by atoms with Gasteiger partial charge in [0.25, 0.3) is 0 Å². The third kappa shape index (κ3) is 2.85. The fourth-order valence-electron chi connectivity index (χ4n) is 1.47. The summed E-state index contributed by atoms with van der Waals surface area (Å²) in [6.07, 6.45) is 1.12. The molecule has 0 aliphatic carbocycles. The summed E-state index contributed by atoms with van der Waals surface area (Å²) in [5, 5.41) is 3.40. The molecule has 0 aliphatic heterocycles. The van der Waals surface area contributed by atoms with E-state index >= 15 is 0 Å². The Labute approximate surface area is 81.2 Å². The van der Waals surface area contributed by atoms with E-state index in [1.165, 1.54) is 11.1 Å². The molecule has 0 heterocycles. The Morgan fingerprint density at radius 2 is 1.77 bits per heavy atom. The molecule has 1 unspecified atom stereocenters. The quantitative estimate of drug-likeness (QED) is 0.745. The summed E-state index contributed by atoms with van der Waals surface area (Å²) in [4.78, 5) is 0. The first-order valence-electron chi connectivity index (χ1n) is 5.10. The number of hydrogen-bond acceptors (Lipinski definition) is 1. The minimum Gasteiger partial charge on any atom is -0.310 e.